The number of ether oxygens (including phenoxy) is 1. The average molecular weight is 346 g/mol. The summed E-state index contributed by atoms with van der Waals surface area (Å²) in [7, 11) is 0. The van der Waals surface area contributed by atoms with E-state index in [0.717, 1.165) is 48.9 Å². The highest BCUT2D eigenvalue weighted by Gasteiger charge is 2.24. The van der Waals surface area contributed by atoms with Crippen LogP contribution in [0.4, 0.5) is 17.1 Å². The minimum Gasteiger partial charge on any atom is -0.378 e. The molecule has 2 aromatic carbocycles. The summed E-state index contributed by atoms with van der Waals surface area (Å²) in [5.74, 6) is -0.174. The molecule has 0 atom stereocenters. The van der Waals surface area contributed by atoms with E-state index < -0.39 is 0 Å². The molecular weight excluding hydrogens is 328 g/mol. The lowest BCUT2D eigenvalue weighted by molar-refractivity contribution is -0.110. The number of fused-ring (bicyclic) bond motifs is 1. The fourth-order valence-corrected chi connectivity index (χ4v) is 3.15. The molecule has 0 aromatic heterocycles. The van der Waals surface area contributed by atoms with E-state index in [0.29, 0.717) is 11.1 Å². The third-order valence-electron chi connectivity index (χ3n) is 4.56. The first-order valence-corrected chi connectivity index (χ1v) is 8.50. The Balaban J connectivity index is 1.52. The molecule has 6 heteroatoms. The van der Waals surface area contributed by atoms with Gasteiger partial charge in [-0.05, 0) is 42.5 Å². The number of nitriles is 1. The maximum atomic E-state index is 12.2. The second-order valence-corrected chi connectivity index (χ2v) is 6.17. The van der Waals surface area contributed by atoms with Crippen LogP contribution in [-0.4, -0.2) is 32.2 Å². The molecule has 1 saturated heterocycles. The van der Waals surface area contributed by atoms with Crippen LogP contribution >= 0.6 is 0 Å². The second kappa shape index (κ2) is 6.90. The summed E-state index contributed by atoms with van der Waals surface area (Å²) in [6, 6.07) is 15.4. The Kier molecular flexibility index (Phi) is 4.30. The highest BCUT2D eigenvalue weighted by atomic mass is 16.5. The van der Waals surface area contributed by atoms with Crippen LogP contribution in [0.5, 0.6) is 0 Å². The normalized spacial score (nSPS) is 17.6. The minimum atomic E-state index is -0.174. The fraction of sp³-hybridized carbons (Fsp3) is 0.200. The third kappa shape index (κ3) is 3.13. The van der Waals surface area contributed by atoms with Crippen molar-refractivity contribution in [3.05, 3.63) is 59.8 Å². The van der Waals surface area contributed by atoms with Gasteiger partial charge in [0.15, 0.2) is 0 Å². The molecule has 2 aliphatic rings. The lowest BCUT2D eigenvalue weighted by atomic mass is 10.1. The van der Waals surface area contributed by atoms with Gasteiger partial charge in [0.05, 0.1) is 30.4 Å². The van der Waals surface area contributed by atoms with E-state index in [-0.39, 0.29) is 5.91 Å². The van der Waals surface area contributed by atoms with Crippen LogP contribution in [0.1, 0.15) is 11.1 Å². The standard InChI is InChI=1S/C20H18N4O2/c21-12-14-1-6-19-17(11-14)18(20(25)23-19)13-22-15-2-4-16(5-3-15)24-7-9-26-10-8-24/h1-6,11,13,22H,7-10H2,(H,23,25)/b18-13+. The molecule has 2 aromatic rings. The number of carbonyl (C=O) groups excluding carboxylic acids is 1. The molecule has 0 aliphatic carbocycles. The summed E-state index contributed by atoms with van der Waals surface area (Å²) in [4.78, 5) is 14.5. The van der Waals surface area contributed by atoms with E-state index in [2.05, 4.69) is 33.7 Å². The van der Waals surface area contributed by atoms with Gasteiger partial charge in [0.25, 0.3) is 5.91 Å². The number of amides is 1. The van der Waals surface area contributed by atoms with E-state index in [9.17, 15) is 4.79 Å². The van der Waals surface area contributed by atoms with Crippen LogP contribution in [0.2, 0.25) is 0 Å². The van der Waals surface area contributed by atoms with Crippen LogP contribution < -0.4 is 15.5 Å². The Morgan fingerprint density at radius 1 is 1.15 bits per heavy atom. The van der Waals surface area contributed by atoms with E-state index in [1.807, 2.05) is 12.1 Å². The van der Waals surface area contributed by atoms with Crippen molar-refractivity contribution >= 4 is 28.5 Å². The first kappa shape index (κ1) is 16.2. The maximum Gasteiger partial charge on any atom is 0.257 e. The van der Waals surface area contributed by atoms with Gasteiger partial charge in [0.1, 0.15) is 0 Å². The Bertz CT molecular complexity index is 906. The average Bonchev–Trinajstić information content (AvgIpc) is 3.01. The van der Waals surface area contributed by atoms with Gasteiger partial charge in [-0.15, -0.1) is 0 Å². The number of hydrogen-bond donors (Lipinski definition) is 2. The second-order valence-electron chi connectivity index (χ2n) is 6.17. The molecule has 26 heavy (non-hydrogen) atoms. The van der Waals surface area contributed by atoms with Gasteiger partial charge < -0.3 is 20.3 Å². The van der Waals surface area contributed by atoms with Crippen LogP contribution in [0.3, 0.4) is 0 Å². The lowest BCUT2D eigenvalue weighted by Crippen LogP contribution is -2.36. The van der Waals surface area contributed by atoms with Gasteiger partial charge in [-0.25, -0.2) is 0 Å². The highest BCUT2D eigenvalue weighted by Crippen LogP contribution is 2.32. The number of rotatable bonds is 3. The molecular formula is C20H18N4O2. The summed E-state index contributed by atoms with van der Waals surface area (Å²) in [5, 5.41) is 15.0. The molecule has 130 valence electrons. The molecule has 0 bridgehead atoms. The number of anilines is 3. The molecule has 2 heterocycles. The summed E-state index contributed by atoms with van der Waals surface area (Å²) in [6.07, 6.45) is 1.69. The highest BCUT2D eigenvalue weighted by molar-refractivity contribution is 6.31. The number of nitrogens with one attached hydrogen (secondary N) is 2. The quantitative estimate of drug-likeness (QED) is 0.836. The molecule has 4 rings (SSSR count). The number of hydrogen-bond acceptors (Lipinski definition) is 5. The van der Waals surface area contributed by atoms with E-state index in [1.54, 1.807) is 24.4 Å². The predicted molar refractivity (Wildman–Crippen MR) is 101 cm³/mol. The molecule has 1 amide bonds. The van der Waals surface area contributed by atoms with E-state index >= 15 is 0 Å². The minimum absolute atomic E-state index is 0.174. The molecule has 0 unspecified atom stereocenters. The van der Waals surface area contributed by atoms with Crippen LogP contribution in [0.25, 0.3) is 5.57 Å². The summed E-state index contributed by atoms with van der Waals surface area (Å²) in [6.45, 7) is 3.31. The first-order valence-electron chi connectivity index (χ1n) is 8.50. The third-order valence-corrected chi connectivity index (χ3v) is 4.56. The summed E-state index contributed by atoms with van der Waals surface area (Å²) < 4.78 is 5.38. The maximum absolute atomic E-state index is 12.2. The van der Waals surface area contributed by atoms with Gasteiger partial charge >= 0.3 is 0 Å². The molecule has 0 radical (unpaired) electrons. The number of nitrogens with zero attached hydrogens (tertiary/aromatic N) is 2. The van der Waals surface area contributed by atoms with Crippen molar-refractivity contribution < 1.29 is 9.53 Å². The Morgan fingerprint density at radius 2 is 1.92 bits per heavy atom. The van der Waals surface area contributed by atoms with Crippen molar-refractivity contribution in [3.8, 4) is 6.07 Å². The van der Waals surface area contributed by atoms with E-state index in [1.165, 1.54) is 0 Å². The number of carbonyl (C=O) groups is 1. The van der Waals surface area contributed by atoms with Gasteiger partial charge in [-0.2, -0.15) is 5.26 Å². The van der Waals surface area contributed by atoms with Crippen molar-refractivity contribution in [2.75, 3.05) is 41.8 Å². The molecule has 0 spiro atoms. The molecule has 1 fully saturated rings. The van der Waals surface area contributed by atoms with Crippen molar-refractivity contribution in [2.45, 2.75) is 0 Å². The topological polar surface area (TPSA) is 77.4 Å². The largest absolute Gasteiger partial charge is 0.378 e. The lowest BCUT2D eigenvalue weighted by Gasteiger charge is -2.28. The SMILES string of the molecule is N#Cc1ccc2c(c1)/C(=C\Nc1ccc(N3CCOCC3)cc1)C(=O)N2. The molecule has 6 nitrogen and oxygen atoms in total. The predicted octanol–water partition coefficient (Wildman–Crippen LogP) is 2.80. The zero-order chi connectivity index (χ0) is 17.9. The van der Waals surface area contributed by atoms with Crippen LogP contribution in [0.15, 0.2) is 48.7 Å². The van der Waals surface area contributed by atoms with Crippen molar-refractivity contribution in [2.24, 2.45) is 0 Å². The van der Waals surface area contributed by atoms with E-state index in [4.69, 9.17) is 10.00 Å². The van der Waals surface area contributed by atoms with Gasteiger partial charge in [0, 0.05) is 41.9 Å². The molecule has 2 aliphatic heterocycles. The summed E-state index contributed by atoms with van der Waals surface area (Å²) in [5.41, 5.74) is 4.58. The fourth-order valence-electron chi connectivity index (χ4n) is 3.15. The van der Waals surface area contributed by atoms with Gasteiger partial charge in [-0.3, -0.25) is 4.79 Å². The first-order chi connectivity index (χ1) is 12.7. The van der Waals surface area contributed by atoms with Crippen molar-refractivity contribution in [1.82, 2.24) is 0 Å². The molecule has 0 saturated carbocycles. The smallest absolute Gasteiger partial charge is 0.257 e. The van der Waals surface area contributed by atoms with Crippen molar-refractivity contribution in [3.63, 3.8) is 0 Å². The van der Waals surface area contributed by atoms with Crippen LogP contribution in [0, 0.1) is 11.3 Å². The van der Waals surface area contributed by atoms with Gasteiger partial charge in [0.2, 0.25) is 0 Å². The number of benzene rings is 2. The Morgan fingerprint density at radius 3 is 2.65 bits per heavy atom. The zero-order valence-electron chi connectivity index (χ0n) is 14.2. The van der Waals surface area contributed by atoms with Gasteiger partial charge in [-0.1, -0.05) is 0 Å². The number of morpholine rings is 1. The Labute approximate surface area is 151 Å². The zero-order valence-corrected chi connectivity index (χ0v) is 14.2. The molecule has 2 N–H and O–H groups in total. The van der Waals surface area contributed by atoms with Crippen molar-refractivity contribution in [1.29, 1.82) is 5.26 Å². The monoisotopic (exact) mass is 346 g/mol. The van der Waals surface area contributed by atoms with Crippen LogP contribution in [-0.2, 0) is 9.53 Å². The summed E-state index contributed by atoms with van der Waals surface area (Å²) >= 11 is 0. The Hall–Kier alpha value is -3.30.